The molecule has 0 radical (unpaired) electrons. The summed E-state index contributed by atoms with van der Waals surface area (Å²) in [4.78, 5) is 12.1. The van der Waals surface area contributed by atoms with Crippen molar-refractivity contribution in [2.24, 2.45) is 40.9 Å². The highest BCUT2D eigenvalue weighted by Gasteiger charge is 2.56. The molecule has 0 bridgehead atoms. The van der Waals surface area contributed by atoms with Crippen LogP contribution in [0.4, 0.5) is 0 Å². The van der Waals surface area contributed by atoms with Gasteiger partial charge in [0.15, 0.2) is 0 Å². The molecule has 1 nitrogen and oxygen atoms in total. The SMILES string of the molecule is CC(=O)[C@H]1CC[C@H]2C[C@@H]3[C@H](CC[C@@H]4CCCC[C@H]43)C[C@@]21C. The van der Waals surface area contributed by atoms with Crippen molar-refractivity contribution in [3.8, 4) is 0 Å². The van der Waals surface area contributed by atoms with Crippen LogP contribution in [0.15, 0.2) is 0 Å². The Morgan fingerprint density at radius 1 is 0.905 bits per heavy atom. The highest BCUT2D eigenvalue weighted by molar-refractivity contribution is 5.79. The van der Waals surface area contributed by atoms with E-state index in [1.165, 1.54) is 64.2 Å². The molecule has 1 heteroatoms. The summed E-state index contributed by atoms with van der Waals surface area (Å²) >= 11 is 0. The van der Waals surface area contributed by atoms with E-state index in [2.05, 4.69) is 6.92 Å². The largest absolute Gasteiger partial charge is 0.300 e. The summed E-state index contributed by atoms with van der Waals surface area (Å²) in [6, 6.07) is 0. The van der Waals surface area contributed by atoms with Gasteiger partial charge in [-0.05, 0) is 86.9 Å². The monoisotopic (exact) mass is 288 g/mol. The van der Waals surface area contributed by atoms with Gasteiger partial charge < -0.3 is 0 Å². The van der Waals surface area contributed by atoms with E-state index >= 15 is 0 Å². The number of hydrogen-bond acceptors (Lipinski definition) is 1. The smallest absolute Gasteiger partial charge is 0.133 e. The molecule has 118 valence electrons. The van der Waals surface area contributed by atoms with E-state index in [1.807, 2.05) is 6.92 Å². The maximum Gasteiger partial charge on any atom is 0.133 e. The van der Waals surface area contributed by atoms with Gasteiger partial charge in [-0.25, -0.2) is 0 Å². The first-order chi connectivity index (χ1) is 10.1. The summed E-state index contributed by atoms with van der Waals surface area (Å²) in [6.07, 6.45) is 14.3. The van der Waals surface area contributed by atoms with Crippen molar-refractivity contribution in [1.29, 1.82) is 0 Å². The third kappa shape index (κ3) is 2.13. The molecule has 4 rings (SSSR count). The zero-order chi connectivity index (χ0) is 14.6. The van der Waals surface area contributed by atoms with Crippen molar-refractivity contribution < 1.29 is 4.79 Å². The topological polar surface area (TPSA) is 17.1 Å². The molecule has 4 aliphatic carbocycles. The van der Waals surface area contributed by atoms with Gasteiger partial charge in [0.1, 0.15) is 5.78 Å². The first-order valence-electron chi connectivity index (χ1n) is 9.60. The second kappa shape index (κ2) is 5.10. The summed E-state index contributed by atoms with van der Waals surface area (Å²) in [7, 11) is 0. The van der Waals surface area contributed by atoms with Crippen molar-refractivity contribution in [3.63, 3.8) is 0 Å². The summed E-state index contributed by atoms with van der Waals surface area (Å²) < 4.78 is 0. The van der Waals surface area contributed by atoms with Crippen LogP contribution in [0.5, 0.6) is 0 Å². The molecule has 0 spiro atoms. The highest BCUT2D eigenvalue weighted by atomic mass is 16.1. The van der Waals surface area contributed by atoms with Gasteiger partial charge >= 0.3 is 0 Å². The molecule has 0 aromatic carbocycles. The van der Waals surface area contributed by atoms with Crippen LogP contribution in [0, 0.1) is 40.9 Å². The van der Waals surface area contributed by atoms with E-state index in [0.717, 1.165) is 29.6 Å². The number of rotatable bonds is 1. The van der Waals surface area contributed by atoms with E-state index in [-0.39, 0.29) is 0 Å². The molecular formula is C20H32O. The molecular weight excluding hydrogens is 256 g/mol. The zero-order valence-corrected chi connectivity index (χ0v) is 13.9. The maximum absolute atomic E-state index is 12.1. The van der Waals surface area contributed by atoms with Gasteiger partial charge in [0.2, 0.25) is 0 Å². The lowest BCUT2D eigenvalue weighted by atomic mass is 9.50. The molecule has 0 aromatic heterocycles. The number of fused-ring (bicyclic) bond motifs is 4. The van der Waals surface area contributed by atoms with Crippen LogP contribution in [0.1, 0.15) is 78.1 Å². The Bertz CT molecular complexity index is 428. The van der Waals surface area contributed by atoms with Gasteiger partial charge in [-0.1, -0.05) is 26.2 Å². The molecule has 0 heterocycles. The van der Waals surface area contributed by atoms with E-state index in [9.17, 15) is 4.79 Å². The molecule has 7 atom stereocenters. The van der Waals surface area contributed by atoms with E-state index < -0.39 is 0 Å². The average molecular weight is 288 g/mol. The second-order valence-electron chi connectivity index (χ2n) is 9.09. The first kappa shape index (κ1) is 14.3. The number of carbonyl (C=O) groups excluding carboxylic acids is 1. The molecule has 4 fully saturated rings. The third-order valence-corrected chi connectivity index (χ3v) is 8.31. The predicted octanol–water partition coefficient (Wildman–Crippen LogP) is 5.23. The number of carbonyl (C=O) groups is 1. The molecule has 0 aliphatic heterocycles. The average Bonchev–Trinajstić information content (AvgIpc) is 2.81. The molecule has 0 N–H and O–H groups in total. The highest BCUT2D eigenvalue weighted by Crippen LogP contribution is 2.63. The first-order valence-corrected chi connectivity index (χ1v) is 9.60. The fourth-order valence-corrected chi connectivity index (χ4v) is 7.34. The number of hydrogen-bond donors (Lipinski definition) is 0. The number of Topliss-reactive ketones (excluding diaryl/α,β-unsaturated/α-hetero) is 1. The second-order valence-corrected chi connectivity index (χ2v) is 9.09. The minimum absolute atomic E-state index is 0.356. The van der Waals surface area contributed by atoms with Gasteiger partial charge in [0, 0.05) is 5.92 Å². The van der Waals surface area contributed by atoms with Gasteiger partial charge in [0.25, 0.3) is 0 Å². The minimum Gasteiger partial charge on any atom is -0.300 e. The fourth-order valence-electron chi connectivity index (χ4n) is 7.34. The third-order valence-electron chi connectivity index (χ3n) is 8.31. The summed E-state index contributed by atoms with van der Waals surface area (Å²) in [6.45, 7) is 4.32. The Kier molecular flexibility index (Phi) is 3.47. The zero-order valence-electron chi connectivity index (χ0n) is 13.9. The van der Waals surface area contributed by atoms with Gasteiger partial charge in [-0.2, -0.15) is 0 Å². The van der Waals surface area contributed by atoms with Crippen LogP contribution < -0.4 is 0 Å². The molecule has 4 saturated carbocycles. The predicted molar refractivity (Wildman–Crippen MR) is 85.9 cm³/mol. The van der Waals surface area contributed by atoms with Crippen LogP contribution in [0.3, 0.4) is 0 Å². The Hall–Kier alpha value is -0.330. The van der Waals surface area contributed by atoms with Crippen LogP contribution >= 0.6 is 0 Å². The van der Waals surface area contributed by atoms with Crippen molar-refractivity contribution >= 4 is 5.78 Å². The lowest BCUT2D eigenvalue weighted by Crippen LogP contribution is -2.47. The normalized spacial score (nSPS) is 52.7. The molecule has 21 heavy (non-hydrogen) atoms. The number of ketones is 1. The van der Waals surface area contributed by atoms with Crippen LogP contribution in [0.2, 0.25) is 0 Å². The molecule has 0 saturated heterocycles. The molecule has 0 unspecified atom stereocenters. The molecule has 0 amide bonds. The standard InChI is InChI=1S/C20H32O/c1-13(21)19-10-9-16-11-18-15(12-20(16,19)2)8-7-14-5-3-4-6-17(14)18/h14-19H,3-12H2,1-2H3/t14-,15+,16-,17+,18+,19+,20-/m0/s1. The Morgan fingerprint density at radius 3 is 2.48 bits per heavy atom. The minimum atomic E-state index is 0.356. The van der Waals surface area contributed by atoms with Gasteiger partial charge in [-0.3, -0.25) is 4.79 Å². The maximum atomic E-state index is 12.1. The van der Waals surface area contributed by atoms with Crippen molar-refractivity contribution in [2.75, 3.05) is 0 Å². The summed E-state index contributed by atoms with van der Waals surface area (Å²) in [5.41, 5.74) is 0.356. The molecule has 4 aliphatic rings. The van der Waals surface area contributed by atoms with Crippen molar-refractivity contribution in [2.45, 2.75) is 78.1 Å². The lowest BCUT2D eigenvalue weighted by Gasteiger charge is -2.54. The van der Waals surface area contributed by atoms with E-state index in [4.69, 9.17) is 0 Å². The van der Waals surface area contributed by atoms with Gasteiger partial charge in [0.05, 0.1) is 0 Å². The Morgan fingerprint density at radius 2 is 1.67 bits per heavy atom. The fraction of sp³-hybridized carbons (Fsp3) is 0.950. The summed E-state index contributed by atoms with van der Waals surface area (Å²) in [5.74, 6) is 5.80. The van der Waals surface area contributed by atoms with Crippen molar-refractivity contribution in [1.82, 2.24) is 0 Å². The summed E-state index contributed by atoms with van der Waals surface area (Å²) in [5, 5.41) is 0. The van der Waals surface area contributed by atoms with Gasteiger partial charge in [-0.15, -0.1) is 0 Å². The van der Waals surface area contributed by atoms with E-state index in [0.29, 0.717) is 17.1 Å². The van der Waals surface area contributed by atoms with E-state index in [1.54, 1.807) is 0 Å². The van der Waals surface area contributed by atoms with Crippen LogP contribution in [-0.4, -0.2) is 5.78 Å². The Labute approximate surface area is 130 Å². The van der Waals surface area contributed by atoms with Crippen molar-refractivity contribution in [3.05, 3.63) is 0 Å². The van der Waals surface area contributed by atoms with Crippen LogP contribution in [0.25, 0.3) is 0 Å². The lowest BCUT2D eigenvalue weighted by molar-refractivity contribution is -0.127. The Balaban J connectivity index is 1.57. The molecule has 0 aromatic rings. The van der Waals surface area contributed by atoms with Crippen LogP contribution in [-0.2, 0) is 4.79 Å². The quantitative estimate of drug-likeness (QED) is 0.645.